The largest absolute Gasteiger partial charge is 0.451 e. The molecule has 0 radical (unpaired) electrons. The lowest BCUT2D eigenvalue weighted by Gasteiger charge is -2.08. The Bertz CT molecular complexity index is 738. The van der Waals surface area contributed by atoms with E-state index in [2.05, 4.69) is 20.3 Å². The second-order valence-corrected chi connectivity index (χ2v) is 4.66. The van der Waals surface area contributed by atoms with E-state index in [4.69, 9.17) is 4.74 Å². The van der Waals surface area contributed by atoms with Gasteiger partial charge >= 0.3 is 5.97 Å². The van der Waals surface area contributed by atoms with Crippen LogP contribution in [0.15, 0.2) is 52.9 Å². The normalized spacial score (nSPS) is 10.8. The van der Waals surface area contributed by atoms with E-state index < -0.39 is 24.4 Å². The van der Waals surface area contributed by atoms with Crippen LogP contribution in [0.4, 0.5) is 5.82 Å². The number of esters is 1. The third-order valence-electron chi connectivity index (χ3n) is 2.68. The number of hydrogen-bond donors (Lipinski definition) is 2. The van der Waals surface area contributed by atoms with Gasteiger partial charge in [0, 0.05) is 13.0 Å². The lowest BCUT2D eigenvalue weighted by molar-refractivity contribution is -0.144. The van der Waals surface area contributed by atoms with Crippen LogP contribution in [-0.4, -0.2) is 29.5 Å². The molecule has 1 aromatic carbocycles. The van der Waals surface area contributed by atoms with Gasteiger partial charge in [0.05, 0.1) is 0 Å². The highest BCUT2D eigenvalue weighted by Crippen LogP contribution is 2.07. The molecule has 2 aromatic rings. The Hall–Kier alpha value is -3.42. The lowest BCUT2D eigenvalue weighted by atomic mass is 10.2. The molecule has 0 fully saturated rings. The molecule has 2 rings (SSSR count). The molecule has 0 spiro atoms. The molecule has 1 heterocycles. The van der Waals surface area contributed by atoms with Crippen LogP contribution < -0.4 is 10.6 Å². The Morgan fingerprint density at radius 2 is 1.96 bits per heavy atom. The Balaban J connectivity index is 1.98. The van der Waals surface area contributed by atoms with Gasteiger partial charge in [0.2, 0.25) is 5.91 Å². The van der Waals surface area contributed by atoms with E-state index in [9.17, 15) is 14.4 Å². The summed E-state index contributed by atoms with van der Waals surface area (Å²) < 4.78 is 9.46. The fraction of sp³-hybridized carbons (Fsp3) is 0.125. The number of benzene rings is 1. The number of carbonyl (C=O) groups is 3. The van der Waals surface area contributed by atoms with Crippen molar-refractivity contribution in [3.05, 3.63) is 53.9 Å². The predicted molar refractivity (Wildman–Crippen MR) is 84.3 cm³/mol. The van der Waals surface area contributed by atoms with Crippen LogP contribution in [0.2, 0.25) is 0 Å². The molecule has 8 nitrogen and oxygen atoms in total. The Labute approximate surface area is 137 Å². The zero-order valence-electron chi connectivity index (χ0n) is 12.8. The zero-order valence-corrected chi connectivity index (χ0v) is 12.8. The van der Waals surface area contributed by atoms with E-state index in [1.54, 1.807) is 24.3 Å². The summed E-state index contributed by atoms with van der Waals surface area (Å²) in [6.45, 7) is 0.737. The van der Waals surface area contributed by atoms with Gasteiger partial charge < -0.3 is 19.9 Å². The summed E-state index contributed by atoms with van der Waals surface area (Å²) in [6.07, 6.45) is 2.75. The second-order valence-electron chi connectivity index (χ2n) is 4.66. The van der Waals surface area contributed by atoms with E-state index in [0.29, 0.717) is 5.56 Å². The first-order valence-electron chi connectivity index (χ1n) is 6.96. The first kappa shape index (κ1) is 16.9. The van der Waals surface area contributed by atoms with Gasteiger partial charge in [-0.15, -0.1) is 0 Å². The highest BCUT2D eigenvalue weighted by Gasteiger charge is 2.15. The van der Waals surface area contributed by atoms with Gasteiger partial charge in [-0.1, -0.05) is 35.5 Å². The maximum Gasteiger partial charge on any atom is 0.355 e. The van der Waals surface area contributed by atoms with Crippen LogP contribution in [0.1, 0.15) is 12.5 Å². The van der Waals surface area contributed by atoms with Gasteiger partial charge in [0.25, 0.3) is 5.91 Å². The maximum absolute atomic E-state index is 12.1. The third-order valence-corrected chi connectivity index (χ3v) is 2.68. The van der Waals surface area contributed by atoms with Crippen molar-refractivity contribution in [1.82, 2.24) is 10.5 Å². The molecule has 24 heavy (non-hydrogen) atoms. The second kappa shape index (κ2) is 8.28. The number of carbonyl (C=O) groups excluding carboxylic acids is 3. The Morgan fingerprint density at radius 1 is 1.21 bits per heavy atom. The average Bonchev–Trinajstić information content (AvgIpc) is 3.05. The Morgan fingerprint density at radius 3 is 2.58 bits per heavy atom. The quantitative estimate of drug-likeness (QED) is 0.611. The van der Waals surface area contributed by atoms with Crippen LogP contribution in [0.3, 0.4) is 0 Å². The highest BCUT2D eigenvalue weighted by molar-refractivity contribution is 5.99. The first-order chi connectivity index (χ1) is 11.5. The number of hydrogen-bond acceptors (Lipinski definition) is 6. The topological polar surface area (TPSA) is 111 Å². The molecule has 2 amide bonds. The molecule has 0 atom stereocenters. The minimum Gasteiger partial charge on any atom is -0.451 e. The summed E-state index contributed by atoms with van der Waals surface area (Å²) in [7, 11) is 0. The van der Waals surface area contributed by atoms with E-state index in [1.165, 1.54) is 25.3 Å². The van der Waals surface area contributed by atoms with Crippen LogP contribution in [0.25, 0.3) is 6.08 Å². The number of nitrogens with one attached hydrogen (secondary N) is 2. The number of rotatable bonds is 6. The van der Waals surface area contributed by atoms with Crippen LogP contribution in [-0.2, 0) is 19.1 Å². The van der Waals surface area contributed by atoms with Crippen molar-refractivity contribution < 1.29 is 23.6 Å². The van der Waals surface area contributed by atoms with Crippen molar-refractivity contribution in [2.75, 3.05) is 11.9 Å². The smallest absolute Gasteiger partial charge is 0.355 e. The molecule has 0 aliphatic rings. The minimum absolute atomic E-state index is 0.0667. The van der Waals surface area contributed by atoms with Gasteiger partial charge in [-0.05, 0) is 11.6 Å². The number of amides is 2. The van der Waals surface area contributed by atoms with E-state index in [1.807, 2.05) is 6.07 Å². The van der Waals surface area contributed by atoms with Crippen LogP contribution in [0, 0.1) is 0 Å². The standard InChI is InChI=1S/C16H15N3O5/c1-11(20)17-13(9-12-5-3-2-4-6-12)16(22)23-10-15(21)18-14-7-8-24-19-14/h2-9H,10H2,1H3,(H,17,20)(H,18,19,21)/b13-9+. The Kier molecular flexibility index (Phi) is 5.84. The SMILES string of the molecule is CC(=O)N/C(=C/c1ccccc1)C(=O)OCC(=O)Nc1ccon1. The van der Waals surface area contributed by atoms with Crippen molar-refractivity contribution in [3.8, 4) is 0 Å². The van der Waals surface area contributed by atoms with E-state index >= 15 is 0 Å². The lowest BCUT2D eigenvalue weighted by Crippen LogP contribution is -2.28. The van der Waals surface area contributed by atoms with Gasteiger partial charge in [0.1, 0.15) is 12.0 Å². The number of nitrogens with zero attached hydrogens (tertiary/aromatic N) is 1. The average molecular weight is 329 g/mol. The molecule has 0 unspecified atom stereocenters. The van der Waals surface area contributed by atoms with Crippen molar-refractivity contribution in [2.45, 2.75) is 6.92 Å². The van der Waals surface area contributed by atoms with Crippen LogP contribution in [0.5, 0.6) is 0 Å². The van der Waals surface area contributed by atoms with Gasteiger partial charge in [-0.25, -0.2) is 4.79 Å². The molecular weight excluding hydrogens is 314 g/mol. The summed E-state index contributed by atoms with van der Waals surface area (Å²) >= 11 is 0. The van der Waals surface area contributed by atoms with E-state index in [0.717, 1.165) is 0 Å². The predicted octanol–water partition coefficient (Wildman–Crippen LogP) is 1.33. The summed E-state index contributed by atoms with van der Waals surface area (Å²) in [5, 5.41) is 8.26. The first-order valence-corrected chi connectivity index (χ1v) is 6.96. The van der Waals surface area contributed by atoms with Crippen molar-refractivity contribution >= 4 is 29.7 Å². The summed E-state index contributed by atoms with van der Waals surface area (Å²) in [5.74, 6) is -1.64. The summed E-state index contributed by atoms with van der Waals surface area (Å²) in [5.41, 5.74) is 0.633. The van der Waals surface area contributed by atoms with Gasteiger partial charge in [-0.2, -0.15) is 0 Å². The van der Waals surface area contributed by atoms with Crippen molar-refractivity contribution in [1.29, 1.82) is 0 Å². The molecule has 124 valence electrons. The fourth-order valence-corrected chi connectivity index (χ4v) is 1.72. The monoisotopic (exact) mass is 329 g/mol. The zero-order chi connectivity index (χ0) is 17.4. The van der Waals surface area contributed by atoms with Gasteiger partial charge in [-0.3, -0.25) is 9.59 Å². The molecule has 0 aliphatic heterocycles. The van der Waals surface area contributed by atoms with Crippen molar-refractivity contribution in [3.63, 3.8) is 0 Å². The summed E-state index contributed by atoms with van der Waals surface area (Å²) in [6, 6.07) is 10.3. The number of aromatic nitrogens is 1. The highest BCUT2D eigenvalue weighted by atomic mass is 16.5. The molecule has 2 N–H and O–H groups in total. The molecule has 1 aromatic heterocycles. The minimum atomic E-state index is -0.829. The van der Waals surface area contributed by atoms with E-state index in [-0.39, 0.29) is 11.5 Å². The molecule has 0 saturated heterocycles. The maximum atomic E-state index is 12.1. The molecule has 0 saturated carbocycles. The summed E-state index contributed by atoms with van der Waals surface area (Å²) in [4.78, 5) is 35.0. The number of ether oxygens (including phenoxy) is 1. The molecule has 8 heteroatoms. The fourth-order valence-electron chi connectivity index (χ4n) is 1.72. The van der Waals surface area contributed by atoms with Crippen LogP contribution >= 0.6 is 0 Å². The number of anilines is 1. The molecule has 0 aliphatic carbocycles. The van der Waals surface area contributed by atoms with Gasteiger partial charge in [0.15, 0.2) is 12.4 Å². The van der Waals surface area contributed by atoms with Crippen molar-refractivity contribution in [2.24, 2.45) is 0 Å². The molecular formula is C16H15N3O5. The third kappa shape index (κ3) is 5.41. The molecule has 0 bridgehead atoms.